The van der Waals surface area contributed by atoms with Crippen LogP contribution in [-0.2, 0) is 0 Å². The van der Waals surface area contributed by atoms with Gasteiger partial charge >= 0.3 is 58.4 Å². The molecule has 74 valence electrons. The minimum absolute atomic E-state index is 0. The zero-order chi connectivity index (χ0) is 10.3. The molecule has 1 heterocycles. The van der Waals surface area contributed by atoms with Crippen molar-refractivity contribution in [2.75, 3.05) is 0 Å². The summed E-state index contributed by atoms with van der Waals surface area (Å²) in [5.74, 6) is 0. The second-order valence-electron chi connectivity index (χ2n) is 2.88. The van der Waals surface area contributed by atoms with Gasteiger partial charge in [-0.1, -0.05) is 23.7 Å². The summed E-state index contributed by atoms with van der Waals surface area (Å²) in [6.45, 7) is -5.10. The van der Waals surface area contributed by atoms with Gasteiger partial charge in [0.25, 0.3) is 0 Å². The van der Waals surface area contributed by atoms with E-state index >= 15 is 0 Å². The zero-order valence-corrected chi connectivity index (χ0v) is 11.7. The van der Waals surface area contributed by atoms with Crippen LogP contribution in [0.1, 0.15) is 0 Å². The van der Waals surface area contributed by atoms with Gasteiger partial charge in [-0.05, 0) is 12.1 Å². The fraction of sp³-hybridized carbons (Fsp3) is 0. The largest absolute Gasteiger partial charge is 1.00 e. The van der Waals surface area contributed by atoms with Crippen molar-refractivity contribution in [3.63, 3.8) is 0 Å². The van der Waals surface area contributed by atoms with Crippen molar-refractivity contribution in [1.82, 2.24) is 0 Å². The number of benzene rings is 1. The molecule has 0 aliphatic carbocycles. The van der Waals surface area contributed by atoms with Crippen LogP contribution in [0.3, 0.4) is 0 Å². The molecule has 0 fully saturated rings. The molecular formula is C8H4BClF3KO. The molecular weight excluding hydrogens is 254 g/mol. The third-order valence-corrected chi connectivity index (χ3v) is 2.14. The van der Waals surface area contributed by atoms with E-state index in [4.69, 9.17) is 11.6 Å². The number of halogens is 4. The summed E-state index contributed by atoms with van der Waals surface area (Å²) in [6.07, 6.45) is 0. The first-order valence-electron chi connectivity index (χ1n) is 3.86. The van der Waals surface area contributed by atoms with E-state index < -0.39 is 12.6 Å². The minimum atomic E-state index is -5.10. The van der Waals surface area contributed by atoms with Crippen LogP contribution in [0, 0.1) is 0 Å². The summed E-state index contributed by atoms with van der Waals surface area (Å²) < 4.78 is 41.5. The van der Waals surface area contributed by atoms with E-state index in [1.54, 1.807) is 6.07 Å². The van der Waals surface area contributed by atoms with Gasteiger partial charge in [-0.15, -0.1) is 0 Å². The number of rotatable bonds is 1. The zero-order valence-electron chi connectivity index (χ0n) is 7.81. The van der Waals surface area contributed by atoms with E-state index in [1.165, 1.54) is 12.1 Å². The Morgan fingerprint density at radius 1 is 1.20 bits per heavy atom. The van der Waals surface area contributed by atoms with Crippen LogP contribution in [-0.4, -0.2) is 6.98 Å². The smallest absolute Gasteiger partial charge is 0.491 e. The molecule has 0 atom stereocenters. The molecule has 1 nitrogen and oxygen atoms in total. The molecule has 15 heavy (non-hydrogen) atoms. The summed E-state index contributed by atoms with van der Waals surface area (Å²) in [5, 5.41) is 0.556. The molecule has 0 aliphatic rings. The third-order valence-electron chi connectivity index (χ3n) is 1.84. The number of hydrogen-bond donors (Lipinski definition) is 0. The number of furan rings is 1. The maximum atomic E-state index is 12.3. The second-order valence-corrected chi connectivity index (χ2v) is 3.29. The fourth-order valence-corrected chi connectivity index (χ4v) is 1.43. The Bertz CT molecular complexity index is 482. The van der Waals surface area contributed by atoms with Gasteiger partial charge in [0, 0.05) is 11.0 Å². The van der Waals surface area contributed by atoms with E-state index in [9.17, 15) is 12.9 Å². The molecule has 7 heteroatoms. The summed E-state index contributed by atoms with van der Waals surface area (Å²) >= 11 is 5.67. The predicted octanol–water partition coefficient (Wildman–Crippen LogP) is 0.145. The second kappa shape index (κ2) is 4.81. The van der Waals surface area contributed by atoms with E-state index in [0.29, 0.717) is 5.39 Å². The quantitative estimate of drug-likeness (QED) is 0.664. The van der Waals surface area contributed by atoms with Gasteiger partial charge in [0.2, 0.25) is 0 Å². The van der Waals surface area contributed by atoms with Gasteiger partial charge < -0.3 is 17.4 Å². The first-order chi connectivity index (χ1) is 6.48. The van der Waals surface area contributed by atoms with Gasteiger partial charge in [-0.3, -0.25) is 0 Å². The topological polar surface area (TPSA) is 13.1 Å². The van der Waals surface area contributed by atoms with Crippen LogP contribution < -0.4 is 57.0 Å². The van der Waals surface area contributed by atoms with E-state index in [2.05, 4.69) is 4.42 Å². The Balaban J connectivity index is 0.00000112. The minimum Gasteiger partial charge on any atom is -0.491 e. The van der Waals surface area contributed by atoms with Gasteiger partial charge in [0.05, 0.1) is 5.02 Å². The average molecular weight is 258 g/mol. The van der Waals surface area contributed by atoms with Gasteiger partial charge in [0.1, 0.15) is 5.58 Å². The van der Waals surface area contributed by atoms with Crippen molar-refractivity contribution in [1.29, 1.82) is 0 Å². The van der Waals surface area contributed by atoms with Crippen LogP contribution in [0.25, 0.3) is 11.0 Å². The van der Waals surface area contributed by atoms with E-state index in [-0.39, 0.29) is 62.0 Å². The summed E-state index contributed by atoms with van der Waals surface area (Å²) in [7, 11) is 0. The Morgan fingerprint density at radius 3 is 2.40 bits per heavy atom. The van der Waals surface area contributed by atoms with Crippen LogP contribution >= 0.6 is 11.6 Å². The van der Waals surface area contributed by atoms with Crippen molar-refractivity contribution in [2.45, 2.75) is 0 Å². The molecule has 0 aliphatic heterocycles. The standard InChI is InChI=1S/C8H4BClF3O.K/c10-6-3-1-2-5-4-7(9(11,12)13)14-8(5)6;/h1-4H;/q-1;+1. The van der Waals surface area contributed by atoms with Gasteiger partial charge in [0.15, 0.2) is 0 Å². The molecule has 0 amide bonds. The molecule has 0 saturated heterocycles. The molecule has 1 aromatic carbocycles. The van der Waals surface area contributed by atoms with Crippen LogP contribution in [0.5, 0.6) is 0 Å². The van der Waals surface area contributed by atoms with E-state index in [1.807, 2.05) is 0 Å². The monoisotopic (exact) mass is 258 g/mol. The number of hydrogen-bond acceptors (Lipinski definition) is 1. The molecule has 0 radical (unpaired) electrons. The molecule has 0 N–H and O–H groups in total. The predicted molar refractivity (Wildman–Crippen MR) is 49.9 cm³/mol. The Labute approximate surface area is 131 Å². The molecule has 0 saturated carbocycles. The van der Waals surface area contributed by atoms with Crippen molar-refractivity contribution >= 4 is 35.2 Å². The molecule has 0 unspecified atom stereocenters. The molecule has 0 spiro atoms. The van der Waals surface area contributed by atoms with Crippen molar-refractivity contribution in [2.24, 2.45) is 0 Å². The fourth-order valence-electron chi connectivity index (χ4n) is 1.21. The first kappa shape index (κ1) is 13.6. The maximum absolute atomic E-state index is 12.3. The molecule has 2 rings (SSSR count). The van der Waals surface area contributed by atoms with Crippen molar-refractivity contribution < 1.29 is 68.7 Å². The van der Waals surface area contributed by atoms with Crippen molar-refractivity contribution in [3.8, 4) is 0 Å². The Kier molecular flexibility index (Phi) is 4.36. The van der Waals surface area contributed by atoms with Gasteiger partial charge in [-0.2, -0.15) is 0 Å². The molecule has 2 aromatic rings. The summed E-state index contributed by atoms with van der Waals surface area (Å²) in [6, 6.07) is 5.55. The van der Waals surface area contributed by atoms with Crippen LogP contribution in [0.2, 0.25) is 5.02 Å². The average Bonchev–Trinajstić information content (AvgIpc) is 2.48. The summed E-state index contributed by atoms with van der Waals surface area (Å²) in [4.78, 5) is 0. The van der Waals surface area contributed by atoms with Crippen molar-refractivity contribution in [3.05, 3.63) is 29.3 Å². The van der Waals surface area contributed by atoms with E-state index in [0.717, 1.165) is 6.07 Å². The summed E-state index contributed by atoms with van der Waals surface area (Å²) in [5.41, 5.74) is -0.878. The number of fused-ring (bicyclic) bond motifs is 1. The molecule has 1 aromatic heterocycles. The molecule has 0 bridgehead atoms. The Morgan fingerprint density at radius 2 is 1.87 bits per heavy atom. The third kappa shape index (κ3) is 2.81. The normalized spacial score (nSPS) is 11.5. The van der Waals surface area contributed by atoms with Crippen LogP contribution in [0.4, 0.5) is 12.9 Å². The van der Waals surface area contributed by atoms with Gasteiger partial charge in [-0.25, -0.2) is 0 Å². The Hall–Kier alpha value is 0.541. The first-order valence-corrected chi connectivity index (χ1v) is 4.24. The SMILES string of the molecule is F[B-](F)(F)c1cc2cccc(Cl)c2o1.[K+]. The van der Waals surface area contributed by atoms with Crippen LogP contribution in [0.15, 0.2) is 28.7 Å². The number of para-hydroxylation sites is 1. The maximum Gasteiger partial charge on any atom is 1.00 e.